The SMILES string of the molecule is Nc1cnc2ccc(Br)cc2c1Nc1ccc(Cl)c(Br)c1. The summed E-state index contributed by atoms with van der Waals surface area (Å²) in [6.45, 7) is 0. The quantitative estimate of drug-likeness (QED) is 0.548. The maximum absolute atomic E-state index is 6.07. The highest BCUT2D eigenvalue weighted by atomic mass is 79.9. The molecule has 3 nitrogen and oxygen atoms in total. The van der Waals surface area contributed by atoms with Gasteiger partial charge in [0.25, 0.3) is 0 Å². The molecule has 1 heterocycles. The first kappa shape index (κ1) is 14.6. The van der Waals surface area contributed by atoms with Gasteiger partial charge in [-0.05, 0) is 52.3 Å². The lowest BCUT2D eigenvalue weighted by Gasteiger charge is -2.13. The first-order valence-corrected chi connectivity index (χ1v) is 8.07. The average Bonchev–Trinajstić information content (AvgIpc) is 2.46. The minimum absolute atomic E-state index is 0.590. The molecular formula is C15H10Br2ClN3. The Morgan fingerprint density at radius 2 is 1.90 bits per heavy atom. The molecule has 0 aliphatic heterocycles. The van der Waals surface area contributed by atoms with E-state index in [4.69, 9.17) is 17.3 Å². The van der Waals surface area contributed by atoms with E-state index in [9.17, 15) is 0 Å². The highest BCUT2D eigenvalue weighted by Gasteiger charge is 2.08. The van der Waals surface area contributed by atoms with Gasteiger partial charge in [-0.25, -0.2) is 0 Å². The maximum atomic E-state index is 6.07. The van der Waals surface area contributed by atoms with Gasteiger partial charge in [-0.2, -0.15) is 0 Å². The van der Waals surface area contributed by atoms with Crippen LogP contribution < -0.4 is 11.1 Å². The molecule has 0 radical (unpaired) electrons. The number of fused-ring (bicyclic) bond motifs is 1. The van der Waals surface area contributed by atoms with Crippen molar-refractivity contribution in [3.8, 4) is 0 Å². The third-order valence-corrected chi connectivity index (χ3v) is 4.76. The smallest absolute Gasteiger partial charge is 0.0746 e. The molecule has 0 spiro atoms. The number of benzene rings is 2. The summed E-state index contributed by atoms with van der Waals surface area (Å²) < 4.78 is 1.80. The Balaban J connectivity index is 2.12. The van der Waals surface area contributed by atoms with Crippen molar-refractivity contribution in [1.82, 2.24) is 4.98 Å². The molecule has 106 valence electrons. The molecule has 21 heavy (non-hydrogen) atoms. The van der Waals surface area contributed by atoms with Crippen LogP contribution in [0.3, 0.4) is 0 Å². The van der Waals surface area contributed by atoms with Gasteiger partial charge < -0.3 is 11.1 Å². The van der Waals surface area contributed by atoms with E-state index in [0.29, 0.717) is 10.7 Å². The van der Waals surface area contributed by atoms with Gasteiger partial charge in [-0.3, -0.25) is 4.98 Å². The molecule has 2 aromatic carbocycles. The first-order valence-electron chi connectivity index (χ1n) is 6.10. The summed E-state index contributed by atoms with van der Waals surface area (Å²) in [6.07, 6.45) is 1.66. The van der Waals surface area contributed by atoms with Crippen LogP contribution in [0.15, 0.2) is 51.5 Å². The number of nitrogens with one attached hydrogen (secondary N) is 1. The summed E-state index contributed by atoms with van der Waals surface area (Å²) in [5.74, 6) is 0. The van der Waals surface area contributed by atoms with Crippen molar-refractivity contribution in [1.29, 1.82) is 0 Å². The largest absolute Gasteiger partial charge is 0.396 e. The molecule has 3 aromatic rings. The molecule has 0 aliphatic rings. The molecule has 0 unspecified atom stereocenters. The number of nitrogens with two attached hydrogens (primary N) is 1. The van der Waals surface area contributed by atoms with Crippen LogP contribution in [-0.4, -0.2) is 4.98 Å². The second kappa shape index (κ2) is 5.83. The molecule has 0 bridgehead atoms. The molecule has 0 fully saturated rings. The molecule has 1 aromatic heterocycles. The van der Waals surface area contributed by atoms with E-state index in [1.165, 1.54) is 0 Å². The fraction of sp³-hybridized carbons (Fsp3) is 0. The van der Waals surface area contributed by atoms with Crippen molar-refractivity contribution in [3.05, 3.63) is 56.6 Å². The summed E-state index contributed by atoms with van der Waals surface area (Å²) in [4.78, 5) is 4.34. The van der Waals surface area contributed by atoms with Crippen molar-refractivity contribution in [3.63, 3.8) is 0 Å². The number of pyridine rings is 1. The third kappa shape index (κ3) is 3.00. The molecule has 0 amide bonds. The normalized spacial score (nSPS) is 10.8. The zero-order chi connectivity index (χ0) is 15.0. The van der Waals surface area contributed by atoms with Crippen molar-refractivity contribution >= 4 is 71.4 Å². The molecule has 0 saturated heterocycles. The number of hydrogen-bond donors (Lipinski definition) is 2. The highest BCUT2D eigenvalue weighted by molar-refractivity contribution is 9.10. The van der Waals surface area contributed by atoms with Gasteiger partial charge in [0.05, 0.1) is 28.1 Å². The van der Waals surface area contributed by atoms with Gasteiger partial charge >= 0.3 is 0 Å². The van der Waals surface area contributed by atoms with Crippen LogP contribution in [-0.2, 0) is 0 Å². The summed E-state index contributed by atoms with van der Waals surface area (Å²) in [5, 5.41) is 4.95. The lowest BCUT2D eigenvalue weighted by atomic mass is 10.1. The Kier molecular flexibility index (Phi) is 4.06. The van der Waals surface area contributed by atoms with Crippen LogP contribution in [0.4, 0.5) is 17.1 Å². The van der Waals surface area contributed by atoms with E-state index < -0.39 is 0 Å². The minimum Gasteiger partial charge on any atom is -0.396 e. The number of hydrogen-bond acceptors (Lipinski definition) is 3. The fourth-order valence-electron chi connectivity index (χ4n) is 2.04. The number of nitrogen functional groups attached to an aromatic ring is 1. The summed E-state index contributed by atoms with van der Waals surface area (Å²) in [6, 6.07) is 11.5. The van der Waals surface area contributed by atoms with Crippen LogP contribution in [0, 0.1) is 0 Å². The second-order valence-corrected chi connectivity index (χ2v) is 6.68. The standard InChI is InChI=1S/C15H10Br2ClN3/c16-8-1-4-14-10(5-8)15(13(19)7-20-14)21-9-2-3-12(18)11(17)6-9/h1-7H,19H2,(H,20,21). The van der Waals surface area contributed by atoms with Crippen LogP contribution >= 0.6 is 43.5 Å². The minimum atomic E-state index is 0.590. The molecule has 0 atom stereocenters. The van der Waals surface area contributed by atoms with Crippen LogP contribution in [0.1, 0.15) is 0 Å². The Labute approximate surface area is 143 Å². The Bertz CT molecular complexity index is 831. The molecule has 3 rings (SSSR count). The Morgan fingerprint density at radius 1 is 1.10 bits per heavy atom. The van der Waals surface area contributed by atoms with Crippen molar-refractivity contribution in [2.75, 3.05) is 11.1 Å². The molecule has 0 aliphatic carbocycles. The van der Waals surface area contributed by atoms with Gasteiger partial charge in [0, 0.05) is 20.0 Å². The highest BCUT2D eigenvalue weighted by Crippen LogP contribution is 2.34. The van der Waals surface area contributed by atoms with E-state index in [1.807, 2.05) is 36.4 Å². The van der Waals surface area contributed by atoms with Gasteiger partial charge in [-0.15, -0.1) is 0 Å². The first-order chi connectivity index (χ1) is 10.0. The zero-order valence-corrected chi connectivity index (χ0v) is 14.6. The fourth-order valence-corrected chi connectivity index (χ4v) is 2.90. The predicted molar refractivity (Wildman–Crippen MR) is 96.3 cm³/mol. The van der Waals surface area contributed by atoms with Crippen LogP contribution in [0.25, 0.3) is 10.9 Å². The Morgan fingerprint density at radius 3 is 2.67 bits per heavy atom. The van der Waals surface area contributed by atoms with Gasteiger partial charge in [0.2, 0.25) is 0 Å². The average molecular weight is 428 g/mol. The summed E-state index contributed by atoms with van der Waals surface area (Å²) in [5.41, 5.74) is 9.26. The van der Waals surface area contributed by atoms with Crippen molar-refractivity contribution < 1.29 is 0 Å². The van der Waals surface area contributed by atoms with Gasteiger partial charge in [0.15, 0.2) is 0 Å². The second-order valence-electron chi connectivity index (χ2n) is 4.50. The monoisotopic (exact) mass is 425 g/mol. The van der Waals surface area contributed by atoms with E-state index >= 15 is 0 Å². The molecule has 6 heteroatoms. The van der Waals surface area contributed by atoms with E-state index in [1.54, 1.807) is 6.20 Å². The Hall–Kier alpha value is -1.30. The van der Waals surface area contributed by atoms with Gasteiger partial charge in [0.1, 0.15) is 0 Å². The third-order valence-electron chi connectivity index (χ3n) is 3.05. The van der Waals surface area contributed by atoms with E-state index in [2.05, 4.69) is 42.2 Å². The van der Waals surface area contributed by atoms with Crippen molar-refractivity contribution in [2.45, 2.75) is 0 Å². The number of anilines is 3. The van der Waals surface area contributed by atoms with Crippen LogP contribution in [0.5, 0.6) is 0 Å². The number of halogens is 3. The van der Waals surface area contributed by atoms with Crippen molar-refractivity contribution in [2.24, 2.45) is 0 Å². The zero-order valence-electron chi connectivity index (χ0n) is 10.7. The van der Waals surface area contributed by atoms with E-state index in [0.717, 1.165) is 31.2 Å². The summed E-state index contributed by atoms with van der Waals surface area (Å²) >= 11 is 12.9. The van der Waals surface area contributed by atoms with Crippen LogP contribution in [0.2, 0.25) is 5.02 Å². The topological polar surface area (TPSA) is 50.9 Å². The summed E-state index contributed by atoms with van der Waals surface area (Å²) in [7, 11) is 0. The van der Waals surface area contributed by atoms with Gasteiger partial charge in [-0.1, -0.05) is 27.5 Å². The lowest BCUT2D eigenvalue weighted by molar-refractivity contribution is 1.40. The molecular weight excluding hydrogens is 417 g/mol. The lowest BCUT2D eigenvalue weighted by Crippen LogP contribution is -1.99. The molecule has 3 N–H and O–H groups in total. The maximum Gasteiger partial charge on any atom is 0.0746 e. The predicted octanol–water partition coefficient (Wildman–Crippen LogP) is 5.74. The molecule has 0 saturated carbocycles. The number of aromatic nitrogens is 1. The number of rotatable bonds is 2. The van der Waals surface area contributed by atoms with E-state index in [-0.39, 0.29) is 0 Å². The number of nitrogens with zero attached hydrogens (tertiary/aromatic N) is 1.